The maximum absolute atomic E-state index is 12.9. The lowest BCUT2D eigenvalue weighted by atomic mass is 9.97. The highest BCUT2D eigenvalue weighted by Crippen LogP contribution is 2.26. The molecule has 0 saturated carbocycles. The Labute approximate surface area is 162 Å². The lowest BCUT2D eigenvalue weighted by Gasteiger charge is -2.28. The first-order valence-corrected chi connectivity index (χ1v) is 9.72. The van der Waals surface area contributed by atoms with Crippen molar-refractivity contribution in [2.45, 2.75) is 65.4 Å². The first-order valence-electron chi connectivity index (χ1n) is 9.72. The molecule has 0 aliphatic carbocycles. The Kier molecular flexibility index (Phi) is 9.86. The van der Waals surface area contributed by atoms with Crippen molar-refractivity contribution in [1.29, 1.82) is 0 Å². The van der Waals surface area contributed by atoms with Crippen LogP contribution in [0.15, 0.2) is 18.2 Å². The van der Waals surface area contributed by atoms with E-state index in [0.717, 1.165) is 25.7 Å². The molecule has 0 heterocycles. The normalized spacial score (nSPS) is 12.9. The van der Waals surface area contributed by atoms with Crippen molar-refractivity contribution >= 4 is 17.6 Å². The lowest BCUT2D eigenvalue weighted by Crippen LogP contribution is -2.43. The molecule has 27 heavy (non-hydrogen) atoms. The van der Waals surface area contributed by atoms with Crippen molar-refractivity contribution in [3.63, 3.8) is 0 Å². The van der Waals surface area contributed by atoms with E-state index in [1.807, 2.05) is 20.8 Å². The van der Waals surface area contributed by atoms with E-state index in [-0.39, 0.29) is 11.5 Å². The number of nitrogens with one attached hydrogen (secondary N) is 1. The van der Waals surface area contributed by atoms with Crippen LogP contribution in [0.2, 0.25) is 0 Å². The number of amides is 1. The van der Waals surface area contributed by atoms with Gasteiger partial charge in [0.1, 0.15) is 16.9 Å². The molecule has 1 amide bonds. The van der Waals surface area contributed by atoms with Crippen LogP contribution in [-0.4, -0.2) is 37.8 Å². The van der Waals surface area contributed by atoms with Gasteiger partial charge in [0, 0.05) is 12.3 Å². The van der Waals surface area contributed by atoms with Gasteiger partial charge in [-0.25, -0.2) is 4.79 Å². The topological polar surface area (TPSA) is 73.9 Å². The molecule has 1 rings (SSSR count). The number of ether oxygens (including phenoxy) is 3. The minimum absolute atomic E-state index is 0.220. The molecule has 1 aromatic rings. The Morgan fingerprint density at radius 2 is 1.78 bits per heavy atom. The van der Waals surface area contributed by atoms with Crippen molar-refractivity contribution in [2.24, 2.45) is 0 Å². The Balaban J connectivity index is 3.03. The maximum atomic E-state index is 12.9. The third-order valence-corrected chi connectivity index (χ3v) is 4.22. The fourth-order valence-electron chi connectivity index (χ4n) is 2.57. The molecule has 0 radical (unpaired) electrons. The van der Waals surface area contributed by atoms with Crippen LogP contribution in [0.1, 0.15) is 70.2 Å². The Morgan fingerprint density at radius 1 is 1.07 bits per heavy atom. The molecule has 1 atom stereocenters. The van der Waals surface area contributed by atoms with E-state index in [4.69, 9.17) is 14.2 Å². The van der Waals surface area contributed by atoms with E-state index in [1.165, 1.54) is 7.11 Å². The van der Waals surface area contributed by atoms with Crippen molar-refractivity contribution in [2.75, 3.05) is 25.6 Å². The first kappa shape index (κ1) is 23.0. The van der Waals surface area contributed by atoms with Crippen LogP contribution in [0.25, 0.3) is 0 Å². The van der Waals surface area contributed by atoms with Gasteiger partial charge in [-0.3, -0.25) is 4.79 Å². The van der Waals surface area contributed by atoms with Crippen LogP contribution < -0.4 is 10.1 Å². The van der Waals surface area contributed by atoms with Gasteiger partial charge in [0.05, 0.1) is 13.7 Å². The molecular weight excluding hydrogens is 346 g/mol. The number of methoxy groups -OCH3 is 1. The van der Waals surface area contributed by atoms with Crippen LogP contribution in [-0.2, 0) is 14.3 Å². The second kappa shape index (κ2) is 11.6. The number of anilines is 1. The van der Waals surface area contributed by atoms with Gasteiger partial charge in [-0.1, -0.05) is 33.6 Å². The molecule has 0 fully saturated rings. The molecule has 0 unspecified atom stereocenters. The monoisotopic (exact) mass is 379 g/mol. The van der Waals surface area contributed by atoms with Gasteiger partial charge in [-0.2, -0.15) is 0 Å². The molecule has 0 aromatic heterocycles. The minimum Gasteiger partial charge on any atom is -0.493 e. The molecule has 6 nitrogen and oxygen atoms in total. The second-order valence-corrected chi connectivity index (χ2v) is 6.69. The molecule has 1 aromatic carbocycles. The van der Waals surface area contributed by atoms with E-state index in [1.54, 1.807) is 18.2 Å². The summed E-state index contributed by atoms with van der Waals surface area (Å²) >= 11 is 0. The lowest BCUT2D eigenvalue weighted by molar-refractivity contribution is -0.140. The number of hydrogen-bond acceptors (Lipinski definition) is 5. The zero-order valence-electron chi connectivity index (χ0n) is 17.2. The molecule has 0 aliphatic heterocycles. The fraction of sp³-hybridized carbons (Fsp3) is 0.619. The maximum Gasteiger partial charge on any atom is 0.341 e. The minimum atomic E-state index is -0.908. The smallest absolute Gasteiger partial charge is 0.341 e. The summed E-state index contributed by atoms with van der Waals surface area (Å²) in [5.74, 6) is -0.284. The van der Waals surface area contributed by atoms with Gasteiger partial charge < -0.3 is 19.5 Å². The Morgan fingerprint density at radius 3 is 2.37 bits per heavy atom. The van der Waals surface area contributed by atoms with Crippen LogP contribution >= 0.6 is 0 Å². The average molecular weight is 379 g/mol. The summed E-state index contributed by atoms with van der Waals surface area (Å²) in [5, 5.41) is 2.88. The van der Waals surface area contributed by atoms with Crippen molar-refractivity contribution in [3.8, 4) is 5.75 Å². The highest BCUT2D eigenvalue weighted by Gasteiger charge is 2.33. The SMILES string of the molecule is CCCC[C@@](C)(OCCC)C(=O)Nc1ccc(OCCC)c(C(=O)OC)c1. The van der Waals surface area contributed by atoms with Crippen molar-refractivity contribution in [3.05, 3.63) is 23.8 Å². The van der Waals surface area contributed by atoms with E-state index in [9.17, 15) is 9.59 Å². The zero-order chi connectivity index (χ0) is 20.3. The predicted octanol–water partition coefficient (Wildman–Crippen LogP) is 4.58. The van der Waals surface area contributed by atoms with Crippen LogP contribution in [0, 0.1) is 0 Å². The summed E-state index contributed by atoms with van der Waals surface area (Å²) < 4.78 is 16.3. The summed E-state index contributed by atoms with van der Waals surface area (Å²) in [5.41, 5.74) is -0.116. The van der Waals surface area contributed by atoms with Gasteiger partial charge in [0.25, 0.3) is 5.91 Å². The molecule has 0 aliphatic rings. The van der Waals surface area contributed by atoms with Crippen molar-refractivity contribution < 1.29 is 23.8 Å². The second-order valence-electron chi connectivity index (χ2n) is 6.69. The summed E-state index contributed by atoms with van der Waals surface area (Å²) in [6.07, 6.45) is 4.17. The highest BCUT2D eigenvalue weighted by molar-refractivity contribution is 5.99. The number of carbonyl (C=O) groups is 2. The molecule has 0 bridgehead atoms. The molecular formula is C21H33NO5. The molecule has 1 N–H and O–H groups in total. The van der Waals surface area contributed by atoms with E-state index < -0.39 is 11.6 Å². The number of unbranched alkanes of at least 4 members (excludes halogenated alkanes) is 1. The largest absolute Gasteiger partial charge is 0.493 e. The summed E-state index contributed by atoms with van der Waals surface area (Å²) in [6.45, 7) is 8.90. The zero-order valence-corrected chi connectivity index (χ0v) is 17.2. The predicted molar refractivity (Wildman–Crippen MR) is 106 cm³/mol. The third-order valence-electron chi connectivity index (χ3n) is 4.22. The van der Waals surface area contributed by atoms with Gasteiger partial charge >= 0.3 is 5.97 Å². The fourth-order valence-corrected chi connectivity index (χ4v) is 2.57. The van der Waals surface area contributed by atoms with Crippen LogP contribution in [0.4, 0.5) is 5.69 Å². The highest BCUT2D eigenvalue weighted by atomic mass is 16.5. The summed E-state index contributed by atoms with van der Waals surface area (Å²) in [4.78, 5) is 24.9. The van der Waals surface area contributed by atoms with Gasteiger partial charge in [0.15, 0.2) is 0 Å². The quantitative estimate of drug-likeness (QED) is 0.538. The van der Waals surface area contributed by atoms with E-state index >= 15 is 0 Å². The molecule has 152 valence electrons. The number of carbonyl (C=O) groups excluding carboxylic acids is 2. The van der Waals surface area contributed by atoms with E-state index in [0.29, 0.717) is 31.1 Å². The number of rotatable bonds is 12. The Hall–Kier alpha value is -2.08. The number of benzene rings is 1. The third kappa shape index (κ3) is 6.86. The molecule has 0 saturated heterocycles. The number of esters is 1. The Bertz CT molecular complexity index is 607. The first-order chi connectivity index (χ1) is 12.9. The standard InChI is InChI=1S/C21H33NO5/c1-6-9-12-21(4,27-14-8-3)20(24)22-16-10-11-18(26-13-7-2)17(15-16)19(23)25-5/h10-11,15H,6-9,12-14H2,1-5H3,(H,22,24)/t21-/m1/s1. The van der Waals surface area contributed by atoms with Crippen molar-refractivity contribution in [1.82, 2.24) is 0 Å². The number of hydrogen-bond donors (Lipinski definition) is 1. The van der Waals surface area contributed by atoms with Gasteiger partial charge in [-0.05, 0) is 44.4 Å². The van der Waals surface area contributed by atoms with Crippen LogP contribution in [0.3, 0.4) is 0 Å². The summed E-state index contributed by atoms with van der Waals surface area (Å²) in [7, 11) is 1.32. The van der Waals surface area contributed by atoms with Gasteiger partial charge in [-0.15, -0.1) is 0 Å². The molecule has 0 spiro atoms. The van der Waals surface area contributed by atoms with E-state index in [2.05, 4.69) is 12.2 Å². The summed E-state index contributed by atoms with van der Waals surface area (Å²) in [6, 6.07) is 4.97. The average Bonchev–Trinajstić information content (AvgIpc) is 2.68. The van der Waals surface area contributed by atoms with Gasteiger partial charge in [0.2, 0.25) is 0 Å². The molecule has 6 heteroatoms. The van der Waals surface area contributed by atoms with Crippen LogP contribution in [0.5, 0.6) is 5.75 Å².